The highest BCUT2D eigenvalue weighted by molar-refractivity contribution is 6.02. The third-order valence-corrected chi connectivity index (χ3v) is 5.58. The summed E-state index contributed by atoms with van der Waals surface area (Å²) in [4.78, 5) is 36.2. The lowest BCUT2D eigenvalue weighted by molar-refractivity contribution is -0.161. The maximum atomic E-state index is 12.2. The summed E-state index contributed by atoms with van der Waals surface area (Å²) in [5.41, 5.74) is -1.40. The van der Waals surface area contributed by atoms with E-state index in [-0.39, 0.29) is 17.8 Å². The average Bonchev–Trinajstić information content (AvgIpc) is 2.64. The number of carbonyl (C=O) groups is 3. The van der Waals surface area contributed by atoms with E-state index in [2.05, 4.69) is 0 Å². The second-order valence-electron chi connectivity index (χ2n) is 8.40. The third-order valence-electron chi connectivity index (χ3n) is 5.58. The molecule has 0 bridgehead atoms. The van der Waals surface area contributed by atoms with Crippen LogP contribution in [0.5, 0.6) is 0 Å². The Labute approximate surface area is 174 Å². The molecule has 164 valence electrons. The Morgan fingerprint density at radius 1 is 1.30 bits per heavy atom. The van der Waals surface area contributed by atoms with Crippen molar-refractivity contribution >= 4 is 17.5 Å². The summed E-state index contributed by atoms with van der Waals surface area (Å²) >= 11 is 0. The summed E-state index contributed by atoms with van der Waals surface area (Å²) in [7, 11) is 0. The molecule has 0 unspecified atom stereocenters. The SMILES string of the molecule is CC1=CC(=O)CC(C)(C)[C@@]1(O)/C=C/C(C)=C\C(=O)O[C@H]1C(=O)C(CO)=C[C@@H](O)[C@@H]1O. The molecule has 0 saturated heterocycles. The van der Waals surface area contributed by atoms with Crippen molar-refractivity contribution in [3.05, 3.63) is 47.1 Å². The summed E-state index contributed by atoms with van der Waals surface area (Å²) in [6, 6.07) is 0. The van der Waals surface area contributed by atoms with Gasteiger partial charge < -0.3 is 25.2 Å². The van der Waals surface area contributed by atoms with Crippen molar-refractivity contribution in [1.29, 1.82) is 0 Å². The van der Waals surface area contributed by atoms with Crippen LogP contribution in [0.1, 0.15) is 34.1 Å². The Kier molecular flexibility index (Phi) is 6.98. The van der Waals surface area contributed by atoms with Gasteiger partial charge in [0.1, 0.15) is 17.8 Å². The van der Waals surface area contributed by atoms with Gasteiger partial charge in [0.2, 0.25) is 5.78 Å². The van der Waals surface area contributed by atoms with E-state index in [4.69, 9.17) is 9.84 Å². The molecule has 0 radical (unpaired) electrons. The van der Waals surface area contributed by atoms with Crippen LogP contribution in [0.2, 0.25) is 0 Å². The predicted molar refractivity (Wildman–Crippen MR) is 107 cm³/mol. The van der Waals surface area contributed by atoms with Gasteiger partial charge >= 0.3 is 5.97 Å². The molecule has 0 fully saturated rings. The summed E-state index contributed by atoms with van der Waals surface area (Å²) in [6.45, 7) is 6.12. The zero-order chi connectivity index (χ0) is 22.9. The van der Waals surface area contributed by atoms with Gasteiger partial charge in [-0.25, -0.2) is 4.79 Å². The average molecular weight is 420 g/mol. The van der Waals surface area contributed by atoms with Gasteiger partial charge in [0.05, 0.1) is 6.61 Å². The van der Waals surface area contributed by atoms with Gasteiger partial charge in [0, 0.05) is 23.5 Å². The zero-order valence-electron chi connectivity index (χ0n) is 17.5. The Morgan fingerprint density at radius 3 is 2.50 bits per heavy atom. The second kappa shape index (κ2) is 8.77. The van der Waals surface area contributed by atoms with Crippen molar-refractivity contribution in [2.24, 2.45) is 5.41 Å². The molecule has 0 amide bonds. The lowest BCUT2D eigenvalue weighted by Gasteiger charge is -2.44. The van der Waals surface area contributed by atoms with E-state index < -0.39 is 47.7 Å². The van der Waals surface area contributed by atoms with Crippen LogP contribution in [0.4, 0.5) is 0 Å². The van der Waals surface area contributed by atoms with Crippen LogP contribution in [-0.4, -0.2) is 68.5 Å². The normalized spacial score (nSPS) is 32.1. The summed E-state index contributed by atoms with van der Waals surface area (Å²) in [6.07, 6.45) is 1.94. The molecule has 4 atom stereocenters. The maximum Gasteiger partial charge on any atom is 0.331 e. The van der Waals surface area contributed by atoms with E-state index in [0.717, 1.165) is 12.2 Å². The zero-order valence-corrected chi connectivity index (χ0v) is 17.5. The Hall–Kier alpha value is -2.39. The molecule has 2 rings (SSSR count). The maximum absolute atomic E-state index is 12.2. The minimum absolute atomic E-state index is 0.0689. The number of allylic oxidation sites excluding steroid dienone is 3. The highest BCUT2D eigenvalue weighted by Gasteiger charge is 2.46. The minimum atomic E-state index is -1.64. The van der Waals surface area contributed by atoms with Crippen LogP contribution < -0.4 is 0 Å². The molecule has 4 N–H and O–H groups in total. The van der Waals surface area contributed by atoms with Gasteiger partial charge in [-0.1, -0.05) is 19.9 Å². The lowest BCUT2D eigenvalue weighted by atomic mass is 9.64. The molecule has 0 aromatic rings. The molecule has 0 heterocycles. The highest BCUT2D eigenvalue weighted by atomic mass is 16.6. The lowest BCUT2D eigenvalue weighted by Crippen LogP contribution is -2.48. The van der Waals surface area contributed by atoms with E-state index in [1.165, 1.54) is 18.2 Å². The number of hydrogen-bond acceptors (Lipinski definition) is 8. The van der Waals surface area contributed by atoms with E-state index in [0.29, 0.717) is 11.1 Å². The second-order valence-corrected chi connectivity index (χ2v) is 8.40. The van der Waals surface area contributed by atoms with E-state index in [1.807, 2.05) is 0 Å². The van der Waals surface area contributed by atoms with Crippen LogP contribution in [0.15, 0.2) is 47.1 Å². The molecule has 0 spiro atoms. The summed E-state index contributed by atoms with van der Waals surface area (Å²) in [5.74, 6) is -1.78. The van der Waals surface area contributed by atoms with Crippen LogP contribution in [0, 0.1) is 5.41 Å². The van der Waals surface area contributed by atoms with Gasteiger partial charge in [-0.2, -0.15) is 0 Å². The first-order valence-electron chi connectivity index (χ1n) is 9.56. The van der Waals surface area contributed by atoms with Crippen molar-refractivity contribution in [2.45, 2.75) is 58.0 Å². The van der Waals surface area contributed by atoms with Gasteiger partial charge in [0.15, 0.2) is 11.9 Å². The fourth-order valence-corrected chi connectivity index (χ4v) is 3.67. The Balaban J connectivity index is 2.17. The number of rotatable bonds is 5. The largest absolute Gasteiger partial charge is 0.448 e. The topological polar surface area (TPSA) is 141 Å². The molecular weight excluding hydrogens is 392 g/mol. The number of aliphatic hydroxyl groups excluding tert-OH is 3. The number of hydrogen-bond donors (Lipinski definition) is 4. The first-order valence-corrected chi connectivity index (χ1v) is 9.56. The number of ether oxygens (including phenoxy) is 1. The number of Topliss-reactive ketones (excluding diaryl/α,β-unsaturated/α-hetero) is 1. The quantitative estimate of drug-likeness (QED) is 0.283. The number of esters is 1. The number of aliphatic hydroxyl groups is 4. The molecule has 0 saturated carbocycles. The van der Waals surface area contributed by atoms with Crippen molar-refractivity contribution in [3.63, 3.8) is 0 Å². The van der Waals surface area contributed by atoms with E-state index in [1.54, 1.807) is 27.7 Å². The first kappa shape index (κ1) is 23.9. The fourth-order valence-electron chi connectivity index (χ4n) is 3.67. The smallest absolute Gasteiger partial charge is 0.331 e. The molecule has 30 heavy (non-hydrogen) atoms. The fraction of sp³-hybridized carbons (Fsp3) is 0.500. The van der Waals surface area contributed by atoms with Crippen LogP contribution in [-0.2, 0) is 19.1 Å². The molecule has 8 heteroatoms. The molecule has 2 aliphatic carbocycles. The van der Waals surface area contributed by atoms with Crippen molar-refractivity contribution in [3.8, 4) is 0 Å². The molecule has 8 nitrogen and oxygen atoms in total. The summed E-state index contributed by atoms with van der Waals surface area (Å²) < 4.78 is 5.00. The van der Waals surface area contributed by atoms with Gasteiger partial charge in [-0.3, -0.25) is 9.59 Å². The van der Waals surface area contributed by atoms with Crippen molar-refractivity contribution in [2.75, 3.05) is 6.61 Å². The van der Waals surface area contributed by atoms with Gasteiger partial charge in [-0.05, 0) is 43.2 Å². The molecule has 0 aliphatic heterocycles. The van der Waals surface area contributed by atoms with Gasteiger partial charge in [-0.15, -0.1) is 0 Å². The predicted octanol–water partition coefficient (Wildman–Crippen LogP) is 0.300. The monoisotopic (exact) mass is 420 g/mol. The molecule has 2 aliphatic rings. The van der Waals surface area contributed by atoms with Crippen molar-refractivity contribution < 1.29 is 39.5 Å². The number of ketones is 2. The first-order chi connectivity index (χ1) is 13.8. The van der Waals surface area contributed by atoms with Crippen molar-refractivity contribution in [1.82, 2.24) is 0 Å². The van der Waals surface area contributed by atoms with E-state index >= 15 is 0 Å². The number of carbonyl (C=O) groups excluding carboxylic acids is 3. The van der Waals surface area contributed by atoms with Crippen LogP contribution in [0.3, 0.4) is 0 Å². The van der Waals surface area contributed by atoms with Crippen LogP contribution in [0.25, 0.3) is 0 Å². The van der Waals surface area contributed by atoms with E-state index in [9.17, 15) is 29.7 Å². The Bertz CT molecular complexity index is 860. The molecule has 0 aromatic heterocycles. The highest BCUT2D eigenvalue weighted by Crippen LogP contribution is 2.44. The standard InChI is InChI=1S/C22H28O8/c1-12(5-6-22(29)13(2)8-15(24)10-21(22,3)4)7-17(26)30-20-18(27)14(11-23)9-16(25)19(20)28/h5-9,16,19-20,23,25,28-29H,10-11H2,1-4H3/b6-5+,12-7-/t16-,19+,20+,22-/m1/s1. The summed E-state index contributed by atoms with van der Waals surface area (Å²) in [5, 5.41) is 40.0. The van der Waals surface area contributed by atoms with Gasteiger partial charge in [0.25, 0.3) is 0 Å². The molecular formula is C22H28O8. The minimum Gasteiger partial charge on any atom is -0.448 e. The Morgan fingerprint density at radius 2 is 1.93 bits per heavy atom. The third kappa shape index (κ3) is 4.67. The van der Waals surface area contributed by atoms with Crippen LogP contribution >= 0.6 is 0 Å². The molecule has 0 aromatic carbocycles.